The highest BCUT2D eigenvalue weighted by Crippen LogP contribution is 2.26. The van der Waals surface area contributed by atoms with E-state index in [0.29, 0.717) is 23.8 Å². The molecule has 214 valence electrons. The van der Waals surface area contributed by atoms with Gasteiger partial charge in [-0.3, -0.25) is 13.9 Å². The van der Waals surface area contributed by atoms with Crippen LogP contribution in [0.2, 0.25) is 0 Å². The van der Waals surface area contributed by atoms with Crippen LogP contribution in [0.15, 0.2) is 83.8 Å². The Morgan fingerprint density at radius 3 is 2.02 bits per heavy atom. The van der Waals surface area contributed by atoms with Crippen LogP contribution in [0.3, 0.4) is 0 Å². The fourth-order valence-electron chi connectivity index (χ4n) is 4.04. The number of hydrogen-bond donors (Lipinski definition) is 1. The molecule has 0 aromatic heterocycles. The molecule has 0 spiro atoms. The van der Waals surface area contributed by atoms with Crippen molar-refractivity contribution in [3.05, 3.63) is 84.4 Å². The zero-order valence-corrected chi connectivity index (χ0v) is 24.4. The molecule has 0 saturated carbocycles. The Balaban J connectivity index is 1.98. The molecule has 0 aliphatic carbocycles. The van der Waals surface area contributed by atoms with Crippen LogP contribution in [-0.2, 0) is 26.2 Å². The van der Waals surface area contributed by atoms with Gasteiger partial charge in [0.05, 0.1) is 24.3 Å². The molecule has 3 aromatic carbocycles. The van der Waals surface area contributed by atoms with E-state index in [-0.39, 0.29) is 23.4 Å². The van der Waals surface area contributed by atoms with Crippen LogP contribution >= 0.6 is 0 Å². The molecule has 10 heteroatoms. The van der Waals surface area contributed by atoms with Crippen LogP contribution < -0.4 is 19.1 Å². The Morgan fingerprint density at radius 1 is 0.875 bits per heavy atom. The quantitative estimate of drug-likeness (QED) is 0.332. The monoisotopic (exact) mass is 567 g/mol. The van der Waals surface area contributed by atoms with Gasteiger partial charge in [0.2, 0.25) is 11.8 Å². The summed E-state index contributed by atoms with van der Waals surface area (Å²) in [5.41, 5.74) is 1.09. The Kier molecular flexibility index (Phi) is 10.6. The average molecular weight is 568 g/mol. The molecule has 0 fully saturated rings. The van der Waals surface area contributed by atoms with Crippen LogP contribution in [0.25, 0.3) is 0 Å². The van der Waals surface area contributed by atoms with Gasteiger partial charge in [-0.1, -0.05) is 30.3 Å². The van der Waals surface area contributed by atoms with E-state index < -0.39 is 28.5 Å². The third kappa shape index (κ3) is 7.75. The highest BCUT2D eigenvalue weighted by Gasteiger charge is 2.32. The van der Waals surface area contributed by atoms with Gasteiger partial charge >= 0.3 is 0 Å². The highest BCUT2D eigenvalue weighted by atomic mass is 32.2. The van der Waals surface area contributed by atoms with E-state index >= 15 is 0 Å². The van der Waals surface area contributed by atoms with Crippen molar-refractivity contribution in [2.45, 2.75) is 51.2 Å². The first kappa shape index (κ1) is 30.5. The molecule has 40 heavy (non-hydrogen) atoms. The van der Waals surface area contributed by atoms with Crippen molar-refractivity contribution in [2.75, 3.05) is 24.6 Å². The zero-order chi connectivity index (χ0) is 29.3. The van der Waals surface area contributed by atoms with E-state index in [1.54, 1.807) is 80.8 Å². The lowest BCUT2D eigenvalue weighted by Gasteiger charge is -2.32. The van der Waals surface area contributed by atoms with Crippen LogP contribution in [0.1, 0.15) is 33.3 Å². The maximum absolute atomic E-state index is 13.9. The molecule has 0 radical (unpaired) electrons. The molecule has 3 aromatic rings. The van der Waals surface area contributed by atoms with E-state index in [9.17, 15) is 18.0 Å². The summed E-state index contributed by atoms with van der Waals surface area (Å²) in [7, 11) is -2.59. The van der Waals surface area contributed by atoms with Crippen LogP contribution in [0, 0.1) is 0 Å². The molecule has 0 saturated heterocycles. The summed E-state index contributed by atoms with van der Waals surface area (Å²) < 4.78 is 39.5. The molecular weight excluding hydrogens is 530 g/mol. The lowest BCUT2D eigenvalue weighted by molar-refractivity contribution is -0.139. The van der Waals surface area contributed by atoms with E-state index in [1.807, 2.05) is 20.8 Å². The number of carbonyl (C=O) groups is 2. The van der Waals surface area contributed by atoms with Gasteiger partial charge in [0.25, 0.3) is 10.0 Å². The Morgan fingerprint density at radius 2 is 1.48 bits per heavy atom. The first-order valence-electron chi connectivity index (χ1n) is 13.1. The average Bonchev–Trinajstić information content (AvgIpc) is 2.95. The summed E-state index contributed by atoms with van der Waals surface area (Å²) >= 11 is 0. The highest BCUT2D eigenvalue weighted by molar-refractivity contribution is 7.92. The Hall–Kier alpha value is -4.05. The largest absolute Gasteiger partial charge is 0.497 e. The third-order valence-corrected chi connectivity index (χ3v) is 7.94. The van der Waals surface area contributed by atoms with Gasteiger partial charge in [0.1, 0.15) is 24.1 Å². The number of hydrogen-bond acceptors (Lipinski definition) is 6. The molecular formula is C30H37N3O6S. The molecule has 0 heterocycles. The first-order valence-corrected chi connectivity index (χ1v) is 14.5. The zero-order valence-electron chi connectivity index (χ0n) is 23.5. The summed E-state index contributed by atoms with van der Waals surface area (Å²) in [6.45, 7) is 7.18. The lowest BCUT2D eigenvalue weighted by atomic mass is 10.1. The van der Waals surface area contributed by atoms with Gasteiger partial charge in [-0.2, -0.15) is 0 Å². The van der Waals surface area contributed by atoms with Crippen molar-refractivity contribution in [2.24, 2.45) is 0 Å². The number of nitrogens with zero attached hydrogens (tertiary/aromatic N) is 2. The second-order valence-electron chi connectivity index (χ2n) is 9.46. The maximum atomic E-state index is 13.9. The summed E-state index contributed by atoms with van der Waals surface area (Å²) in [6, 6.07) is 20.6. The van der Waals surface area contributed by atoms with Crippen LogP contribution in [-0.4, -0.2) is 57.5 Å². The Labute approximate surface area is 236 Å². The fourth-order valence-corrected chi connectivity index (χ4v) is 5.45. The number of nitrogens with one attached hydrogen (secondary N) is 1. The minimum absolute atomic E-state index is 0.0138. The van der Waals surface area contributed by atoms with Gasteiger partial charge in [-0.25, -0.2) is 8.42 Å². The number of anilines is 1. The molecule has 0 bridgehead atoms. The molecule has 1 N–H and O–H groups in total. The SMILES string of the molecule is CCOc1ccc(S(=O)(=O)N(CC(=O)N(Cc2ccc(OC)cc2)[C@@H](C)C(=O)NC(C)C)c2ccccc2)cc1. The summed E-state index contributed by atoms with van der Waals surface area (Å²) in [5, 5.41) is 2.84. The predicted octanol–water partition coefficient (Wildman–Crippen LogP) is 4.23. The van der Waals surface area contributed by atoms with Crippen molar-refractivity contribution < 1.29 is 27.5 Å². The van der Waals surface area contributed by atoms with Crippen molar-refractivity contribution in [1.82, 2.24) is 10.2 Å². The number of sulfonamides is 1. The van der Waals surface area contributed by atoms with Crippen LogP contribution in [0.5, 0.6) is 11.5 Å². The molecule has 3 rings (SSSR count). The number of para-hydroxylation sites is 1. The number of ether oxygens (including phenoxy) is 2. The van der Waals surface area contributed by atoms with Gasteiger partial charge in [0.15, 0.2) is 0 Å². The third-order valence-electron chi connectivity index (χ3n) is 6.16. The molecule has 0 aliphatic heterocycles. The van der Waals surface area contributed by atoms with Crippen molar-refractivity contribution in [1.29, 1.82) is 0 Å². The number of methoxy groups -OCH3 is 1. The van der Waals surface area contributed by atoms with E-state index in [1.165, 1.54) is 17.0 Å². The molecule has 1 atom stereocenters. The molecule has 0 aliphatic rings. The predicted molar refractivity (Wildman–Crippen MR) is 155 cm³/mol. The number of carbonyl (C=O) groups excluding carboxylic acids is 2. The maximum Gasteiger partial charge on any atom is 0.264 e. The van der Waals surface area contributed by atoms with Gasteiger partial charge in [-0.05, 0) is 81.8 Å². The Bertz CT molecular complexity index is 1360. The number of rotatable bonds is 13. The topological polar surface area (TPSA) is 105 Å². The van der Waals surface area contributed by atoms with Gasteiger partial charge < -0.3 is 19.7 Å². The normalized spacial score (nSPS) is 11.9. The van der Waals surface area contributed by atoms with Crippen LogP contribution in [0.4, 0.5) is 5.69 Å². The minimum Gasteiger partial charge on any atom is -0.497 e. The summed E-state index contributed by atoms with van der Waals surface area (Å²) in [5.74, 6) is 0.335. The minimum atomic E-state index is -4.15. The van der Waals surface area contributed by atoms with E-state index in [0.717, 1.165) is 9.87 Å². The molecule has 9 nitrogen and oxygen atoms in total. The van der Waals surface area contributed by atoms with E-state index in [4.69, 9.17) is 9.47 Å². The molecule has 2 amide bonds. The standard InChI is InChI=1S/C30H37N3O6S/c1-6-39-27-16-18-28(19-17-27)40(36,37)33(25-10-8-7-9-11-25)21-29(34)32(23(4)30(35)31-22(2)3)20-24-12-14-26(38-5)15-13-24/h7-19,22-23H,6,20-21H2,1-5H3,(H,31,35)/t23-/m0/s1. The van der Waals surface area contributed by atoms with Gasteiger partial charge in [-0.15, -0.1) is 0 Å². The first-order chi connectivity index (χ1) is 19.1. The van der Waals surface area contributed by atoms with E-state index in [2.05, 4.69) is 5.32 Å². The van der Waals surface area contributed by atoms with Crippen molar-refractivity contribution in [3.63, 3.8) is 0 Å². The van der Waals surface area contributed by atoms with Crippen molar-refractivity contribution in [3.8, 4) is 11.5 Å². The summed E-state index contributed by atoms with van der Waals surface area (Å²) in [4.78, 5) is 28.3. The summed E-state index contributed by atoms with van der Waals surface area (Å²) in [6.07, 6.45) is 0. The number of benzene rings is 3. The van der Waals surface area contributed by atoms with Crippen molar-refractivity contribution >= 4 is 27.5 Å². The second-order valence-corrected chi connectivity index (χ2v) is 11.3. The second kappa shape index (κ2) is 13.8. The number of amides is 2. The fraction of sp³-hybridized carbons (Fsp3) is 0.333. The lowest BCUT2D eigenvalue weighted by Crippen LogP contribution is -2.52. The van der Waals surface area contributed by atoms with Gasteiger partial charge in [0, 0.05) is 12.6 Å². The smallest absolute Gasteiger partial charge is 0.264 e. The molecule has 0 unspecified atom stereocenters.